The van der Waals surface area contributed by atoms with Crippen molar-refractivity contribution in [3.8, 4) is 0 Å². The van der Waals surface area contributed by atoms with E-state index in [-0.39, 0.29) is 54.3 Å². The average molecular weight is 509 g/mol. The van der Waals surface area contributed by atoms with Crippen molar-refractivity contribution < 1.29 is 37.1 Å². The summed E-state index contributed by atoms with van der Waals surface area (Å²) in [7, 11) is -3.55. The number of hydrogen-bond acceptors (Lipinski definition) is 9. The minimum absolute atomic E-state index is 0.00949. The minimum Gasteiger partial charge on any atom is -0.444 e. The van der Waals surface area contributed by atoms with Crippen molar-refractivity contribution in [1.82, 2.24) is 15.5 Å². The number of imide groups is 2. The lowest BCUT2D eigenvalue weighted by atomic mass is 10.0. The van der Waals surface area contributed by atoms with Crippen LogP contribution in [0.2, 0.25) is 0 Å². The average Bonchev–Trinajstić information content (AvgIpc) is 2.98. The topological polar surface area (TPSA) is 168 Å². The standard InChI is InChI=1S/C22H28N4O8S/c1-22(2,3)34-21(31)24-10-12-35(32,33)11-9-23-14-6-4-5-13-17(14)20(30)26(19(13)29)15-7-8-16(27)25-18(15)28/h4-6,15,23H,7-12H2,1-3H3,(H,24,31)(H,25,27,28). The number of nitrogens with one attached hydrogen (secondary N) is 3. The van der Waals surface area contributed by atoms with Gasteiger partial charge in [-0.1, -0.05) is 6.07 Å². The number of piperidine rings is 1. The highest BCUT2D eigenvalue weighted by atomic mass is 32.2. The van der Waals surface area contributed by atoms with E-state index in [0.29, 0.717) is 0 Å². The van der Waals surface area contributed by atoms with Gasteiger partial charge in [-0.3, -0.25) is 29.4 Å². The van der Waals surface area contributed by atoms with E-state index < -0.39 is 51.2 Å². The normalized spacial score (nSPS) is 18.3. The summed E-state index contributed by atoms with van der Waals surface area (Å²) >= 11 is 0. The van der Waals surface area contributed by atoms with Gasteiger partial charge >= 0.3 is 6.09 Å². The lowest BCUT2D eigenvalue weighted by molar-refractivity contribution is -0.136. The third kappa shape index (κ3) is 6.35. The summed E-state index contributed by atoms with van der Waals surface area (Å²) < 4.78 is 29.7. The van der Waals surface area contributed by atoms with E-state index in [4.69, 9.17) is 4.74 Å². The first-order valence-corrected chi connectivity index (χ1v) is 12.9. The molecule has 2 aliphatic heterocycles. The monoisotopic (exact) mass is 508 g/mol. The maximum atomic E-state index is 13.0. The van der Waals surface area contributed by atoms with Crippen LogP contribution in [-0.4, -0.2) is 79.3 Å². The zero-order valence-corrected chi connectivity index (χ0v) is 20.5. The largest absolute Gasteiger partial charge is 0.444 e. The third-order valence-electron chi connectivity index (χ3n) is 5.28. The number of rotatable bonds is 8. The summed E-state index contributed by atoms with van der Waals surface area (Å²) in [6.45, 7) is 4.91. The molecule has 2 aliphatic rings. The lowest BCUT2D eigenvalue weighted by Crippen LogP contribution is -2.54. The molecule has 0 saturated carbocycles. The second-order valence-electron chi connectivity index (χ2n) is 9.18. The smallest absolute Gasteiger partial charge is 0.407 e. The van der Waals surface area contributed by atoms with Crippen LogP contribution in [0.4, 0.5) is 10.5 Å². The van der Waals surface area contributed by atoms with Crippen LogP contribution >= 0.6 is 0 Å². The highest BCUT2D eigenvalue weighted by molar-refractivity contribution is 7.91. The molecule has 0 aliphatic carbocycles. The summed E-state index contributed by atoms with van der Waals surface area (Å²) in [4.78, 5) is 62.0. The Hall–Kier alpha value is -3.48. The highest BCUT2D eigenvalue weighted by Gasteiger charge is 2.45. The highest BCUT2D eigenvalue weighted by Crippen LogP contribution is 2.32. The molecule has 1 aromatic rings. The number of carbonyl (C=O) groups is 5. The molecule has 1 saturated heterocycles. The number of ether oxygens (including phenoxy) is 1. The van der Waals surface area contributed by atoms with E-state index in [0.717, 1.165) is 4.90 Å². The Labute approximate surface area is 202 Å². The van der Waals surface area contributed by atoms with Gasteiger partial charge in [-0.15, -0.1) is 0 Å². The predicted molar refractivity (Wildman–Crippen MR) is 124 cm³/mol. The number of carbonyl (C=O) groups excluding carboxylic acids is 5. The first-order valence-electron chi connectivity index (χ1n) is 11.0. The Kier molecular flexibility index (Phi) is 7.48. The number of alkyl carbamates (subject to hydrolysis) is 1. The molecule has 13 heteroatoms. The van der Waals surface area contributed by atoms with Crippen LogP contribution in [-0.2, 0) is 24.2 Å². The molecule has 2 heterocycles. The van der Waals surface area contributed by atoms with Crippen molar-refractivity contribution in [2.75, 3.05) is 29.9 Å². The fourth-order valence-corrected chi connectivity index (χ4v) is 4.76. The molecule has 1 unspecified atom stereocenters. The number of anilines is 1. The molecule has 12 nitrogen and oxygen atoms in total. The van der Waals surface area contributed by atoms with Crippen LogP contribution in [0.3, 0.4) is 0 Å². The number of benzene rings is 1. The van der Waals surface area contributed by atoms with Gasteiger partial charge in [0.2, 0.25) is 11.8 Å². The minimum atomic E-state index is -3.55. The van der Waals surface area contributed by atoms with E-state index in [1.165, 1.54) is 12.1 Å². The van der Waals surface area contributed by atoms with Gasteiger partial charge in [0, 0.05) is 25.2 Å². The SMILES string of the molecule is CC(C)(C)OC(=O)NCCS(=O)(=O)CCNc1cccc2c1C(=O)N(C1CCC(=O)NC1=O)C2=O. The van der Waals surface area contributed by atoms with Crippen molar-refractivity contribution in [2.45, 2.75) is 45.3 Å². The Bertz CT molecular complexity index is 1170. The van der Waals surface area contributed by atoms with Crippen molar-refractivity contribution in [1.29, 1.82) is 0 Å². The van der Waals surface area contributed by atoms with Crippen molar-refractivity contribution >= 4 is 45.2 Å². The summed E-state index contributed by atoms with van der Waals surface area (Å²) in [6.07, 6.45) is -0.668. The molecule has 0 aromatic heterocycles. The molecule has 0 spiro atoms. The Balaban J connectivity index is 1.59. The fourth-order valence-electron chi connectivity index (χ4n) is 3.73. The number of fused-ring (bicyclic) bond motifs is 1. The molecular formula is C22H28N4O8S. The van der Waals surface area contributed by atoms with Gasteiger partial charge < -0.3 is 15.4 Å². The predicted octanol–water partition coefficient (Wildman–Crippen LogP) is 0.439. The zero-order valence-electron chi connectivity index (χ0n) is 19.7. The van der Waals surface area contributed by atoms with E-state index >= 15 is 0 Å². The first kappa shape index (κ1) is 26.1. The molecule has 0 radical (unpaired) electrons. The van der Waals surface area contributed by atoms with Gasteiger partial charge in [-0.05, 0) is 39.3 Å². The molecule has 1 fully saturated rings. The number of nitrogens with zero attached hydrogens (tertiary/aromatic N) is 1. The second-order valence-corrected chi connectivity index (χ2v) is 11.5. The summed E-state index contributed by atoms with van der Waals surface area (Å²) in [5.74, 6) is -3.10. The van der Waals surface area contributed by atoms with Crippen molar-refractivity contribution in [3.63, 3.8) is 0 Å². The molecule has 1 atom stereocenters. The fraction of sp³-hybridized carbons (Fsp3) is 0.500. The van der Waals surface area contributed by atoms with Crippen LogP contribution in [0.1, 0.15) is 54.3 Å². The molecule has 190 valence electrons. The maximum absolute atomic E-state index is 13.0. The molecule has 3 N–H and O–H groups in total. The molecule has 5 amide bonds. The molecule has 0 bridgehead atoms. The van der Waals surface area contributed by atoms with E-state index in [9.17, 15) is 32.4 Å². The van der Waals surface area contributed by atoms with Crippen molar-refractivity contribution in [2.24, 2.45) is 0 Å². The van der Waals surface area contributed by atoms with E-state index in [1.807, 2.05) is 0 Å². The second kappa shape index (κ2) is 10.0. The van der Waals surface area contributed by atoms with E-state index in [1.54, 1.807) is 26.8 Å². The van der Waals surface area contributed by atoms with Gasteiger partial charge in [-0.2, -0.15) is 0 Å². The first-order chi connectivity index (χ1) is 16.3. The van der Waals surface area contributed by atoms with Gasteiger partial charge in [0.1, 0.15) is 11.6 Å². The molecule has 35 heavy (non-hydrogen) atoms. The van der Waals surface area contributed by atoms with Crippen LogP contribution in [0, 0.1) is 0 Å². The van der Waals surface area contributed by atoms with Gasteiger partial charge in [0.25, 0.3) is 11.8 Å². The lowest BCUT2D eigenvalue weighted by Gasteiger charge is -2.27. The van der Waals surface area contributed by atoms with Crippen molar-refractivity contribution in [3.05, 3.63) is 29.3 Å². The summed E-state index contributed by atoms with van der Waals surface area (Å²) in [6, 6.07) is 3.44. The number of sulfone groups is 1. The Morgan fingerprint density at radius 3 is 2.46 bits per heavy atom. The van der Waals surface area contributed by atoms with Crippen LogP contribution in [0.15, 0.2) is 18.2 Å². The van der Waals surface area contributed by atoms with Crippen LogP contribution in [0.5, 0.6) is 0 Å². The maximum Gasteiger partial charge on any atom is 0.407 e. The Morgan fingerprint density at radius 2 is 1.80 bits per heavy atom. The van der Waals surface area contributed by atoms with Gasteiger partial charge in [0.15, 0.2) is 9.84 Å². The summed E-state index contributed by atoms with van der Waals surface area (Å²) in [5.41, 5.74) is -0.298. The summed E-state index contributed by atoms with van der Waals surface area (Å²) in [5, 5.41) is 7.40. The molecular weight excluding hydrogens is 480 g/mol. The van der Waals surface area contributed by atoms with Gasteiger partial charge in [0.05, 0.1) is 22.6 Å². The van der Waals surface area contributed by atoms with E-state index in [2.05, 4.69) is 16.0 Å². The van der Waals surface area contributed by atoms with Gasteiger partial charge in [-0.25, -0.2) is 13.2 Å². The third-order valence-corrected chi connectivity index (χ3v) is 6.93. The number of hydrogen-bond donors (Lipinski definition) is 3. The van der Waals surface area contributed by atoms with Crippen LogP contribution in [0.25, 0.3) is 0 Å². The number of amides is 5. The zero-order chi connectivity index (χ0) is 26.0. The van der Waals surface area contributed by atoms with Crippen LogP contribution < -0.4 is 16.0 Å². The Morgan fingerprint density at radius 1 is 1.11 bits per heavy atom. The molecule has 1 aromatic carbocycles. The molecule has 3 rings (SSSR count). The quantitative estimate of drug-likeness (QED) is 0.422.